The van der Waals surface area contributed by atoms with Crippen LogP contribution in [0.3, 0.4) is 0 Å². The van der Waals surface area contributed by atoms with Gasteiger partial charge in [0.25, 0.3) is 0 Å². The van der Waals surface area contributed by atoms with E-state index in [0.29, 0.717) is 6.61 Å². The summed E-state index contributed by atoms with van der Waals surface area (Å²) in [6, 6.07) is 0. The molecule has 0 rings (SSSR count). The lowest BCUT2D eigenvalue weighted by Gasteiger charge is -2.31. The van der Waals surface area contributed by atoms with Gasteiger partial charge in [-0.2, -0.15) is 0 Å². The minimum atomic E-state index is -0.772. The molecule has 0 bridgehead atoms. The Kier molecular flexibility index (Phi) is 5.67. The first-order valence-corrected chi connectivity index (χ1v) is 5.56. The van der Waals surface area contributed by atoms with E-state index in [1.165, 1.54) is 0 Å². The molecule has 4 heteroatoms. The third kappa shape index (κ3) is 3.24. The van der Waals surface area contributed by atoms with Crippen LogP contribution in [0, 0.1) is 5.92 Å². The lowest BCUT2D eigenvalue weighted by Crippen LogP contribution is -2.46. The maximum absolute atomic E-state index is 11.6. The molecular formula is C10H19BrO3. The van der Waals surface area contributed by atoms with Gasteiger partial charge in [-0.15, -0.1) is 0 Å². The highest BCUT2D eigenvalue weighted by Gasteiger charge is 2.42. The number of carbonyl (C=O) groups is 1. The maximum atomic E-state index is 11.6. The monoisotopic (exact) mass is 266 g/mol. The summed E-state index contributed by atoms with van der Waals surface area (Å²) in [5, 5.41) is 0. The average molecular weight is 267 g/mol. The largest absolute Gasteiger partial charge is 0.465 e. The molecule has 0 aromatic carbocycles. The molecule has 0 aromatic heterocycles. The number of ether oxygens (including phenoxy) is 2. The van der Waals surface area contributed by atoms with E-state index in [2.05, 4.69) is 15.9 Å². The number of hydrogen-bond donors (Lipinski definition) is 0. The van der Waals surface area contributed by atoms with Gasteiger partial charge >= 0.3 is 5.97 Å². The fraction of sp³-hybridized carbons (Fsp3) is 0.900. The van der Waals surface area contributed by atoms with Gasteiger partial charge < -0.3 is 9.47 Å². The van der Waals surface area contributed by atoms with Crippen LogP contribution in [0.15, 0.2) is 0 Å². The summed E-state index contributed by atoms with van der Waals surface area (Å²) >= 11 is 3.38. The van der Waals surface area contributed by atoms with Crippen molar-refractivity contribution in [2.45, 2.75) is 38.1 Å². The molecule has 0 amide bonds. The quantitative estimate of drug-likeness (QED) is 0.566. The summed E-state index contributed by atoms with van der Waals surface area (Å²) in [7, 11) is 1.60. The molecule has 0 fully saturated rings. The van der Waals surface area contributed by atoms with Crippen LogP contribution in [0.25, 0.3) is 0 Å². The van der Waals surface area contributed by atoms with Gasteiger partial charge in [0.05, 0.1) is 12.7 Å². The normalized spacial score (nSPS) is 17.6. The van der Waals surface area contributed by atoms with Gasteiger partial charge in [0.1, 0.15) is 4.32 Å². The molecule has 0 N–H and O–H groups in total. The predicted octanol–water partition coefficient (Wildman–Crippen LogP) is 2.37. The number of carbonyl (C=O) groups excluding carboxylic acids is 1. The Hall–Kier alpha value is -0.0900. The number of hydrogen-bond acceptors (Lipinski definition) is 3. The Balaban J connectivity index is 4.63. The van der Waals surface area contributed by atoms with Gasteiger partial charge in [-0.05, 0) is 19.8 Å². The van der Waals surface area contributed by atoms with Crippen LogP contribution in [0.4, 0.5) is 0 Å². The fourth-order valence-electron chi connectivity index (χ4n) is 1.51. The van der Waals surface area contributed by atoms with Crippen LogP contribution in [0.1, 0.15) is 27.7 Å². The lowest BCUT2D eigenvalue weighted by atomic mass is 9.94. The number of halogens is 1. The van der Waals surface area contributed by atoms with E-state index in [4.69, 9.17) is 9.47 Å². The first-order chi connectivity index (χ1) is 6.37. The number of esters is 1. The molecule has 0 aromatic rings. The first kappa shape index (κ1) is 13.9. The Morgan fingerprint density at radius 3 is 2.29 bits per heavy atom. The van der Waals surface area contributed by atoms with Crippen LogP contribution < -0.4 is 0 Å². The number of methoxy groups -OCH3 is 1. The highest BCUT2D eigenvalue weighted by molar-refractivity contribution is 9.10. The van der Waals surface area contributed by atoms with Crippen molar-refractivity contribution in [2.24, 2.45) is 5.92 Å². The number of alkyl halides is 1. The summed E-state index contributed by atoms with van der Waals surface area (Å²) in [5.74, 6) is -0.0330. The molecule has 0 radical (unpaired) electrons. The van der Waals surface area contributed by atoms with Crippen molar-refractivity contribution in [3.8, 4) is 0 Å². The first-order valence-electron chi connectivity index (χ1n) is 4.76. The molecule has 14 heavy (non-hydrogen) atoms. The summed E-state index contributed by atoms with van der Waals surface area (Å²) in [6.45, 7) is 7.96. The lowest BCUT2D eigenvalue weighted by molar-refractivity contribution is -0.150. The van der Waals surface area contributed by atoms with Crippen molar-refractivity contribution in [3.05, 3.63) is 0 Å². The van der Waals surface area contributed by atoms with Crippen molar-refractivity contribution in [3.63, 3.8) is 0 Å². The van der Waals surface area contributed by atoms with E-state index in [0.717, 1.165) is 0 Å². The predicted molar refractivity (Wildman–Crippen MR) is 59.6 cm³/mol. The topological polar surface area (TPSA) is 35.5 Å². The zero-order valence-corrected chi connectivity index (χ0v) is 11.1. The van der Waals surface area contributed by atoms with Gasteiger partial charge in [-0.3, -0.25) is 4.79 Å². The van der Waals surface area contributed by atoms with Crippen molar-refractivity contribution in [2.75, 3.05) is 13.7 Å². The van der Waals surface area contributed by atoms with Gasteiger partial charge in [0.15, 0.2) is 0 Å². The standard InChI is InChI=1S/C10H19BrO3/c1-6-14-9(12)10(4,11)8(13-5)7(2)3/h7-8H,6H2,1-5H3. The second-order valence-electron chi connectivity index (χ2n) is 3.70. The molecule has 0 aliphatic carbocycles. The molecule has 2 unspecified atom stereocenters. The van der Waals surface area contributed by atoms with E-state index < -0.39 is 4.32 Å². The van der Waals surface area contributed by atoms with E-state index in [-0.39, 0.29) is 18.0 Å². The zero-order chi connectivity index (χ0) is 11.4. The maximum Gasteiger partial charge on any atom is 0.325 e. The molecule has 2 atom stereocenters. The van der Waals surface area contributed by atoms with Crippen LogP contribution in [-0.2, 0) is 14.3 Å². The van der Waals surface area contributed by atoms with Gasteiger partial charge in [0.2, 0.25) is 0 Å². The summed E-state index contributed by atoms with van der Waals surface area (Å²) in [6.07, 6.45) is -0.193. The van der Waals surface area contributed by atoms with Crippen molar-refractivity contribution < 1.29 is 14.3 Å². The highest BCUT2D eigenvalue weighted by atomic mass is 79.9. The molecule has 0 saturated carbocycles. The second kappa shape index (κ2) is 5.71. The van der Waals surface area contributed by atoms with E-state index in [1.54, 1.807) is 21.0 Å². The summed E-state index contributed by atoms with van der Waals surface area (Å²) in [4.78, 5) is 11.6. The molecule has 0 spiro atoms. The van der Waals surface area contributed by atoms with E-state index >= 15 is 0 Å². The SMILES string of the molecule is CCOC(=O)C(C)(Br)C(OC)C(C)C. The number of rotatable bonds is 5. The van der Waals surface area contributed by atoms with Crippen LogP contribution in [0.2, 0.25) is 0 Å². The van der Waals surface area contributed by atoms with Gasteiger partial charge in [0, 0.05) is 7.11 Å². The van der Waals surface area contributed by atoms with Crippen LogP contribution >= 0.6 is 15.9 Å². The molecule has 0 aliphatic rings. The highest BCUT2D eigenvalue weighted by Crippen LogP contribution is 2.30. The molecule has 3 nitrogen and oxygen atoms in total. The van der Waals surface area contributed by atoms with Gasteiger partial charge in [-0.25, -0.2) is 0 Å². The van der Waals surface area contributed by atoms with E-state index in [1.807, 2.05) is 13.8 Å². The van der Waals surface area contributed by atoms with Crippen LogP contribution in [0.5, 0.6) is 0 Å². The summed E-state index contributed by atoms with van der Waals surface area (Å²) < 4.78 is 9.50. The molecule has 0 aliphatic heterocycles. The Labute approximate surface area is 94.3 Å². The van der Waals surface area contributed by atoms with E-state index in [9.17, 15) is 4.79 Å². The molecule has 0 saturated heterocycles. The van der Waals surface area contributed by atoms with Crippen molar-refractivity contribution in [1.82, 2.24) is 0 Å². The Morgan fingerprint density at radius 1 is 1.50 bits per heavy atom. The zero-order valence-electron chi connectivity index (χ0n) is 9.46. The molecular weight excluding hydrogens is 248 g/mol. The fourth-order valence-corrected chi connectivity index (χ4v) is 2.34. The smallest absolute Gasteiger partial charge is 0.325 e. The minimum Gasteiger partial charge on any atom is -0.465 e. The summed E-state index contributed by atoms with van der Waals surface area (Å²) in [5.41, 5.74) is 0. The van der Waals surface area contributed by atoms with Crippen molar-refractivity contribution >= 4 is 21.9 Å². The third-order valence-corrected chi connectivity index (χ3v) is 2.84. The average Bonchev–Trinajstić information content (AvgIpc) is 2.04. The Morgan fingerprint density at radius 2 is 2.00 bits per heavy atom. The third-order valence-electron chi connectivity index (χ3n) is 2.07. The minimum absolute atomic E-state index is 0.193. The van der Waals surface area contributed by atoms with Gasteiger partial charge in [-0.1, -0.05) is 29.8 Å². The molecule has 0 heterocycles. The van der Waals surface area contributed by atoms with Crippen molar-refractivity contribution in [1.29, 1.82) is 0 Å². The second-order valence-corrected chi connectivity index (χ2v) is 5.34. The molecule has 84 valence electrons. The van der Waals surface area contributed by atoms with Crippen LogP contribution in [-0.4, -0.2) is 30.1 Å². The Bertz CT molecular complexity index is 190.